The molecule has 0 bridgehead atoms. The molecule has 2 rings (SSSR count). The van der Waals surface area contributed by atoms with Gasteiger partial charge >= 0.3 is 0 Å². The Morgan fingerprint density at radius 3 is 2.67 bits per heavy atom. The minimum absolute atomic E-state index is 0.311. The van der Waals surface area contributed by atoms with Gasteiger partial charge in [-0.1, -0.05) is 13.8 Å². The molecule has 0 amide bonds. The Balaban J connectivity index is 1.64. The molecular weight excluding hydrogens is 342 g/mol. The van der Waals surface area contributed by atoms with Crippen molar-refractivity contribution in [1.29, 1.82) is 0 Å². The van der Waals surface area contributed by atoms with Crippen LogP contribution in [0.1, 0.15) is 59.3 Å². The van der Waals surface area contributed by atoms with Gasteiger partial charge in [0, 0.05) is 32.8 Å². The zero-order chi connectivity index (χ0) is 19.3. The maximum absolute atomic E-state index is 6.12. The van der Waals surface area contributed by atoms with E-state index in [-0.39, 0.29) is 0 Å². The van der Waals surface area contributed by atoms with E-state index in [0.29, 0.717) is 24.7 Å². The molecule has 1 unspecified atom stereocenters. The van der Waals surface area contributed by atoms with Crippen molar-refractivity contribution in [1.82, 2.24) is 10.2 Å². The van der Waals surface area contributed by atoms with Crippen LogP contribution in [0.5, 0.6) is 0 Å². The standard InChI is InChI=1S/C21H41N3O3/c1-4-22-21(23-11-16-25-15-10-18(2)3)24-12-8-19(9-13-24)27-17-20-7-5-6-14-26-20/h18-20H,4-17H2,1-3H3,(H,22,23). The molecule has 158 valence electrons. The number of piperidine rings is 1. The molecule has 2 fully saturated rings. The molecule has 2 aliphatic rings. The van der Waals surface area contributed by atoms with Crippen molar-refractivity contribution >= 4 is 5.96 Å². The third-order valence-electron chi connectivity index (χ3n) is 5.20. The summed E-state index contributed by atoms with van der Waals surface area (Å²) in [6.45, 7) is 13.3. The first-order chi connectivity index (χ1) is 13.2. The van der Waals surface area contributed by atoms with Crippen molar-refractivity contribution in [2.45, 2.75) is 71.5 Å². The van der Waals surface area contributed by atoms with Gasteiger partial charge in [-0.05, 0) is 51.4 Å². The molecule has 2 saturated heterocycles. The van der Waals surface area contributed by atoms with Crippen LogP contribution in [0.25, 0.3) is 0 Å². The lowest BCUT2D eigenvalue weighted by Gasteiger charge is -2.35. The Labute approximate surface area is 166 Å². The minimum Gasteiger partial charge on any atom is -0.380 e. The van der Waals surface area contributed by atoms with E-state index in [4.69, 9.17) is 19.2 Å². The highest BCUT2D eigenvalue weighted by molar-refractivity contribution is 5.80. The van der Waals surface area contributed by atoms with Gasteiger partial charge in [-0.15, -0.1) is 0 Å². The van der Waals surface area contributed by atoms with Crippen LogP contribution in [-0.2, 0) is 14.2 Å². The Morgan fingerprint density at radius 2 is 2.00 bits per heavy atom. The third-order valence-corrected chi connectivity index (χ3v) is 5.20. The Morgan fingerprint density at radius 1 is 1.19 bits per heavy atom. The number of nitrogens with one attached hydrogen (secondary N) is 1. The van der Waals surface area contributed by atoms with E-state index in [2.05, 4.69) is 31.0 Å². The van der Waals surface area contributed by atoms with Gasteiger partial charge in [-0.3, -0.25) is 4.99 Å². The molecule has 0 aromatic carbocycles. The summed E-state index contributed by atoms with van der Waals surface area (Å²) in [4.78, 5) is 7.10. The Hall–Kier alpha value is -0.850. The molecule has 0 aliphatic carbocycles. The number of aliphatic imine (C=N–C) groups is 1. The number of nitrogens with zero attached hydrogens (tertiary/aromatic N) is 2. The predicted octanol–water partition coefficient (Wildman–Crippen LogP) is 3.06. The first-order valence-corrected chi connectivity index (χ1v) is 11.0. The quantitative estimate of drug-likeness (QED) is 0.357. The van der Waals surface area contributed by atoms with E-state index in [1.54, 1.807) is 0 Å². The summed E-state index contributed by atoms with van der Waals surface area (Å²) in [5, 5.41) is 3.42. The van der Waals surface area contributed by atoms with Crippen LogP contribution in [-0.4, -0.2) is 75.7 Å². The van der Waals surface area contributed by atoms with Gasteiger partial charge in [0.05, 0.1) is 32.0 Å². The molecule has 0 spiro atoms. The monoisotopic (exact) mass is 383 g/mol. The summed E-state index contributed by atoms with van der Waals surface area (Å²) >= 11 is 0. The largest absolute Gasteiger partial charge is 0.380 e. The highest BCUT2D eigenvalue weighted by atomic mass is 16.5. The topological polar surface area (TPSA) is 55.3 Å². The molecule has 2 aliphatic heterocycles. The van der Waals surface area contributed by atoms with Crippen molar-refractivity contribution in [3.05, 3.63) is 0 Å². The number of guanidine groups is 1. The van der Waals surface area contributed by atoms with Crippen molar-refractivity contribution < 1.29 is 14.2 Å². The van der Waals surface area contributed by atoms with Gasteiger partial charge in [0.15, 0.2) is 5.96 Å². The normalized spacial score (nSPS) is 22.4. The molecule has 0 aromatic rings. The van der Waals surface area contributed by atoms with Crippen molar-refractivity contribution in [2.75, 3.05) is 52.6 Å². The van der Waals surface area contributed by atoms with E-state index in [0.717, 1.165) is 77.6 Å². The maximum atomic E-state index is 6.12. The fraction of sp³-hybridized carbons (Fsp3) is 0.952. The van der Waals surface area contributed by atoms with Gasteiger partial charge in [-0.2, -0.15) is 0 Å². The van der Waals surface area contributed by atoms with Gasteiger partial charge < -0.3 is 24.4 Å². The zero-order valence-electron chi connectivity index (χ0n) is 17.8. The number of ether oxygens (including phenoxy) is 3. The number of hydrogen-bond acceptors (Lipinski definition) is 4. The summed E-state index contributed by atoms with van der Waals surface area (Å²) in [6, 6.07) is 0. The summed E-state index contributed by atoms with van der Waals surface area (Å²) in [5.41, 5.74) is 0. The molecule has 6 nitrogen and oxygen atoms in total. The fourth-order valence-electron chi connectivity index (χ4n) is 3.48. The molecule has 1 N–H and O–H groups in total. The number of rotatable bonds is 10. The average Bonchev–Trinajstić information content (AvgIpc) is 2.69. The summed E-state index contributed by atoms with van der Waals surface area (Å²) < 4.78 is 17.6. The highest BCUT2D eigenvalue weighted by Crippen LogP contribution is 2.18. The molecule has 6 heteroatoms. The second-order valence-electron chi connectivity index (χ2n) is 8.04. The lowest BCUT2D eigenvalue weighted by atomic mass is 10.1. The lowest BCUT2D eigenvalue weighted by molar-refractivity contribution is -0.0721. The van der Waals surface area contributed by atoms with Crippen molar-refractivity contribution in [2.24, 2.45) is 10.9 Å². The summed E-state index contributed by atoms with van der Waals surface area (Å²) in [7, 11) is 0. The molecule has 27 heavy (non-hydrogen) atoms. The van der Waals surface area contributed by atoms with Crippen LogP contribution < -0.4 is 5.32 Å². The molecule has 1 atom stereocenters. The minimum atomic E-state index is 0.311. The highest BCUT2D eigenvalue weighted by Gasteiger charge is 2.23. The number of hydrogen-bond donors (Lipinski definition) is 1. The predicted molar refractivity (Wildman–Crippen MR) is 110 cm³/mol. The molecule has 0 radical (unpaired) electrons. The van der Waals surface area contributed by atoms with Crippen LogP contribution >= 0.6 is 0 Å². The maximum Gasteiger partial charge on any atom is 0.193 e. The van der Waals surface area contributed by atoms with E-state index in [1.807, 2.05) is 0 Å². The van der Waals surface area contributed by atoms with E-state index < -0.39 is 0 Å². The van der Waals surface area contributed by atoms with Crippen LogP contribution in [0.3, 0.4) is 0 Å². The molecule has 2 heterocycles. The van der Waals surface area contributed by atoms with Crippen molar-refractivity contribution in [3.63, 3.8) is 0 Å². The van der Waals surface area contributed by atoms with E-state index in [1.165, 1.54) is 12.8 Å². The molecule has 0 aromatic heterocycles. The van der Waals surface area contributed by atoms with Gasteiger partial charge in [0.25, 0.3) is 0 Å². The second kappa shape index (κ2) is 13.3. The van der Waals surface area contributed by atoms with Crippen LogP contribution in [0.15, 0.2) is 4.99 Å². The SMILES string of the molecule is CCNC(=NCCOCCC(C)C)N1CCC(OCC2CCCCO2)CC1. The van der Waals surface area contributed by atoms with Crippen molar-refractivity contribution in [3.8, 4) is 0 Å². The Bertz CT molecular complexity index is 403. The van der Waals surface area contributed by atoms with Gasteiger partial charge in [0.1, 0.15) is 0 Å². The van der Waals surface area contributed by atoms with E-state index >= 15 is 0 Å². The van der Waals surface area contributed by atoms with Crippen LogP contribution in [0.4, 0.5) is 0 Å². The van der Waals surface area contributed by atoms with Crippen LogP contribution in [0.2, 0.25) is 0 Å². The third kappa shape index (κ3) is 9.26. The second-order valence-corrected chi connectivity index (χ2v) is 8.04. The summed E-state index contributed by atoms with van der Waals surface area (Å²) in [6.07, 6.45) is 7.52. The first-order valence-electron chi connectivity index (χ1n) is 11.0. The smallest absolute Gasteiger partial charge is 0.193 e. The average molecular weight is 384 g/mol. The lowest BCUT2D eigenvalue weighted by Crippen LogP contribution is -2.47. The molecular formula is C21H41N3O3. The zero-order valence-corrected chi connectivity index (χ0v) is 17.8. The van der Waals surface area contributed by atoms with Crippen LogP contribution in [0, 0.1) is 5.92 Å². The van der Waals surface area contributed by atoms with Gasteiger partial charge in [0.2, 0.25) is 0 Å². The Kier molecular flexibility index (Phi) is 11.1. The molecule has 0 saturated carbocycles. The first kappa shape index (κ1) is 22.4. The van der Waals surface area contributed by atoms with Gasteiger partial charge in [-0.25, -0.2) is 0 Å². The number of likely N-dealkylation sites (tertiary alicyclic amines) is 1. The summed E-state index contributed by atoms with van der Waals surface area (Å²) in [5.74, 6) is 1.71. The fourth-order valence-corrected chi connectivity index (χ4v) is 3.48. The van der Waals surface area contributed by atoms with E-state index in [9.17, 15) is 0 Å².